The van der Waals surface area contributed by atoms with Crippen LogP contribution in [0.25, 0.3) is 0 Å². The van der Waals surface area contributed by atoms with Crippen LogP contribution in [0, 0.1) is 0 Å². The van der Waals surface area contributed by atoms with E-state index in [1.165, 1.54) is 17.7 Å². The second-order valence-electron chi connectivity index (χ2n) is 17.4. The molecule has 0 radical (unpaired) electrons. The highest BCUT2D eigenvalue weighted by atomic mass is 32.1. The fraction of sp³-hybridized carbons (Fsp3) is 0.842. The lowest BCUT2D eigenvalue weighted by Gasteiger charge is -2.61. The molecular weight excluding hydrogens is 839 g/mol. The fourth-order valence-electron chi connectivity index (χ4n) is 10.3. The minimum Gasteiger partial charge on any atom is -0.390 e. The molecule has 6 heterocycles. The van der Waals surface area contributed by atoms with Crippen LogP contribution >= 0.6 is 11.3 Å². The van der Waals surface area contributed by atoms with Gasteiger partial charge in [0.1, 0.15) is 52.8 Å². The molecule has 0 spiro atoms. The van der Waals surface area contributed by atoms with Crippen molar-refractivity contribution in [2.75, 3.05) is 41.0 Å². The molecule has 23 nitrogen and oxygen atoms in total. The summed E-state index contributed by atoms with van der Waals surface area (Å²) in [6, 6.07) is -3.66. The number of aromatic nitrogens is 3. The van der Waals surface area contributed by atoms with E-state index < -0.39 is 121 Å². The normalized spacial score (nSPS) is 47.9. The largest absolute Gasteiger partial charge is 0.390 e. The Labute approximate surface area is 362 Å². The minimum atomic E-state index is -2.46. The van der Waals surface area contributed by atoms with Crippen LogP contribution in [0.15, 0.2) is 24.1 Å². The first kappa shape index (κ1) is 46.6. The Balaban J connectivity index is 1.01. The Morgan fingerprint density at radius 3 is 1.89 bits per heavy atom. The molecule has 62 heavy (non-hydrogen) atoms. The zero-order valence-electron chi connectivity index (χ0n) is 35.3. The molecule has 6 aliphatic rings. The van der Waals surface area contributed by atoms with Crippen LogP contribution in [0.2, 0.25) is 0 Å². The number of hydrogen-bond donors (Lipinski definition) is 14. The summed E-state index contributed by atoms with van der Waals surface area (Å²) >= 11 is 1.45. The fourth-order valence-corrected chi connectivity index (χ4v) is 10.9. The van der Waals surface area contributed by atoms with E-state index in [9.17, 15) is 35.7 Å². The Bertz CT molecular complexity index is 1770. The van der Waals surface area contributed by atoms with Crippen molar-refractivity contribution in [1.29, 1.82) is 0 Å². The number of hydrogen-bond acceptors (Lipinski definition) is 23. The zero-order chi connectivity index (χ0) is 44.2. The molecule has 4 saturated heterocycles. The predicted octanol–water partition coefficient (Wildman–Crippen LogP) is -5.40. The Morgan fingerprint density at radius 1 is 0.742 bits per heavy atom. The highest BCUT2D eigenvalue weighted by molar-refractivity contribution is 7.09. The molecule has 0 amide bonds. The van der Waals surface area contributed by atoms with E-state index in [1.807, 2.05) is 5.38 Å². The number of fused-ring (bicyclic) bond motifs is 4. The van der Waals surface area contributed by atoms with Gasteiger partial charge >= 0.3 is 0 Å². The standard InChI is InChI=1S/C38H63N9O14S/c1-17-8-35(51,13-42-10-19-11-44-15-46-19)37(53)33(56-17)58-31-27(50)21(39-3)25(48)24(30(31)61-37)47-16-55-28-22(40-4)26(49)23(41-5)29-32(28)59-34-38(54,60-29)36(52,9-18(2)57-34)14-43-12-20-45-6-7-62-20/h6-7,11,15,17-18,21-34,39-43,47-54H,8-10,12-14,16H2,1-5H3,(H,44,46)/t17-,18-,21-,22-,23+,24+,25+,26+,27+,28+,29-,30-,31-,32-,33+,34+,35-,36-,37-,38-/m1/s1. The third-order valence-electron chi connectivity index (χ3n) is 13.4. The van der Waals surface area contributed by atoms with Crippen molar-refractivity contribution >= 4 is 11.3 Å². The number of nitrogens with one attached hydrogen (secondary N) is 7. The van der Waals surface area contributed by atoms with Crippen LogP contribution in [0.5, 0.6) is 0 Å². The second-order valence-corrected chi connectivity index (χ2v) is 18.4. The summed E-state index contributed by atoms with van der Waals surface area (Å²) in [5.41, 5.74) is -3.11. The smallest absolute Gasteiger partial charge is 0.249 e. The number of nitrogens with zero attached hydrogens (tertiary/aromatic N) is 2. The van der Waals surface area contributed by atoms with Crippen molar-refractivity contribution in [2.24, 2.45) is 0 Å². The van der Waals surface area contributed by atoms with Crippen molar-refractivity contribution in [3.8, 4) is 0 Å². The lowest BCUT2D eigenvalue weighted by molar-refractivity contribution is -0.483. The summed E-state index contributed by atoms with van der Waals surface area (Å²) in [7, 11) is 4.85. The molecule has 0 bridgehead atoms. The van der Waals surface area contributed by atoms with Crippen LogP contribution < -0.4 is 31.9 Å². The molecule has 0 unspecified atom stereocenters. The van der Waals surface area contributed by atoms with Crippen molar-refractivity contribution < 1.29 is 68.9 Å². The maximum Gasteiger partial charge on any atom is 0.249 e. The van der Waals surface area contributed by atoms with Crippen LogP contribution in [0.4, 0.5) is 0 Å². The highest BCUT2D eigenvalue weighted by Gasteiger charge is 2.70. The van der Waals surface area contributed by atoms with Gasteiger partial charge in [-0.25, -0.2) is 9.97 Å². The predicted molar refractivity (Wildman–Crippen MR) is 215 cm³/mol. The Morgan fingerprint density at radius 2 is 1.32 bits per heavy atom. The number of aliphatic hydroxyl groups excluding tert-OH is 3. The monoisotopic (exact) mass is 901 g/mol. The summed E-state index contributed by atoms with van der Waals surface area (Å²) in [5.74, 6) is -4.84. The average molecular weight is 902 g/mol. The number of aliphatic hydroxyl groups is 7. The molecule has 24 heteroatoms. The second kappa shape index (κ2) is 18.4. The van der Waals surface area contributed by atoms with Crippen molar-refractivity contribution in [3.63, 3.8) is 0 Å². The van der Waals surface area contributed by atoms with E-state index in [-0.39, 0.29) is 32.7 Å². The SMILES string of the molecule is CN[C@@H]1[C@H](O)[C@H](NCO[C@H]2[C@H](NC)[C@H](O)[C@H](NC)[C@H]3O[C@]4(O)[C@H](O[C@@H]32)O[C@H](C)C[C@@]4(O)CNCc2nccs2)[C@H]2O[C@]3(O)[C@H](O[C@@H]2[C@H]1O)O[C@H](C)C[C@@]3(O)CNCc1cnc[nH]1. The van der Waals surface area contributed by atoms with E-state index in [2.05, 4.69) is 46.9 Å². The quantitative estimate of drug-likeness (QED) is 0.0742. The molecule has 2 aromatic rings. The van der Waals surface area contributed by atoms with Gasteiger partial charge in [-0.15, -0.1) is 11.3 Å². The highest BCUT2D eigenvalue weighted by Crippen LogP contribution is 2.48. The molecule has 2 aliphatic carbocycles. The Hall–Kier alpha value is -1.96. The molecule has 2 aromatic heterocycles. The van der Waals surface area contributed by atoms with Crippen molar-refractivity contribution in [2.45, 2.75) is 160 Å². The molecule has 4 aliphatic heterocycles. The summed E-state index contributed by atoms with van der Waals surface area (Å²) in [4.78, 5) is 11.3. The molecule has 14 N–H and O–H groups in total. The molecular formula is C38H63N9O14S. The first-order chi connectivity index (χ1) is 29.6. The van der Waals surface area contributed by atoms with Crippen LogP contribution in [0.3, 0.4) is 0 Å². The van der Waals surface area contributed by atoms with E-state index >= 15 is 0 Å². The van der Waals surface area contributed by atoms with Gasteiger partial charge in [-0.2, -0.15) is 0 Å². The zero-order valence-corrected chi connectivity index (χ0v) is 36.1. The van der Waals surface area contributed by atoms with Crippen LogP contribution in [0.1, 0.15) is 37.4 Å². The van der Waals surface area contributed by atoms with Gasteiger partial charge in [0.15, 0.2) is 0 Å². The van der Waals surface area contributed by atoms with Crippen LogP contribution in [-0.2, 0) is 46.2 Å². The molecule has 20 atom stereocenters. The topological polar surface area (TPSA) is 320 Å². The van der Waals surface area contributed by atoms with Crippen molar-refractivity contribution in [3.05, 3.63) is 34.8 Å². The van der Waals surface area contributed by atoms with Gasteiger partial charge in [0.25, 0.3) is 0 Å². The lowest BCUT2D eigenvalue weighted by Crippen LogP contribution is -2.82. The maximum atomic E-state index is 12.3. The third-order valence-corrected chi connectivity index (χ3v) is 14.2. The summed E-state index contributed by atoms with van der Waals surface area (Å²) in [6.07, 6.45) is -8.75. The van der Waals surface area contributed by atoms with Gasteiger partial charge in [-0.3, -0.25) is 5.32 Å². The third kappa shape index (κ3) is 8.17. The number of H-pyrrole nitrogens is 1. The number of imidazole rings is 1. The summed E-state index contributed by atoms with van der Waals surface area (Å²) < 4.78 is 44.2. The first-order valence-corrected chi connectivity index (χ1v) is 22.0. The number of ether oxygens (including phenoxy) is 7. The number of likely N-dealkylation sites (N-methyl/N-ethyl adjacent to an activating group) is 3. The first-order valence-electron chi connectivity index (χ1n) is 21.1. The van der Waals surface area contributed by atoms with E-state index in [4.69, 9.17) is 33.2 Å². The lowest BCUT2D eigenvalue weighted by atomic mass is 9.77. The minimum absolute atomic E-state index is 0.00146. The van der Waals surface area contributed by atoms with Gasteiger partial charge in [0.05, 0.1) is 61.6 Å². The van der Waals surface area contributed by atoms with Gasteiger partial charge in [-0.05, 0) is 35.0 Å². The Kier molecular flexibility index (Phi) is 13.8. The van der Waals surface area contributed by atoms with Gasteiger partial charge in [0, 0.05) is 62.5 Å². The molecule has 2 saturated carbocycles. The maximum absolute atomic E-state index is 12.3. The van der Waals surface area contributed by atoms with Crippen molar-refractivity contribution in [1.82, 2.24) is 46.9 Å². The molecule has 6 fully saturated rings. The number of aromatic amines is 1. The average Bonchev–Trinajstić information content (AvgIpc) is 3.95. The summed E-state index contributed by atoms with van der Waals surface area (Å²) in [6.45, 7) is 3.55. The van der Waals surface area contributed by atoms with E-state index in [0.717, 1.165) is 10.7 Å². The van der Waals surface area contributed by atoms with Gasteiger partial charge in [0.2, 0.25) is 24.2 Å². The number of thiazole rings is 1. The molecule has 8 rings (SSSR count). The van der Waals surface area contributed by atoms with E-state index in [0.29, 0.717) is 13.1 Å². The van der Waals surface area contributed by atoms with Gasteiger partial charge in [-0.1, -0.05) is 0 Å². The molecule has 0 aromatic carbocycles. The number of rotatable bonds is 15. The van der Waals surface area contributed by atoms with E-state index in [1.54, 1.807) is 47.4 Å². The van der Waals surface area contributed by atoms with Gasteiger partial charge < -0.3 is 100 Å². The summed E-state index contributed by atoms with van der Waals surface area (Å²) in [5, 5.41) is 105. The molecule has 350 valence electrons. The van der Waals surface area contributed by atoms with Crippen LogP contribution in [-0.4, -0.2) is 212 Å².